The number of hydrogen-bond donors (Lipinski definition) is 0. The third kappa shape index (κ3) is 3.75. The zero-order chi connectivity index (χ0) is 12.1. The summed E-state index contributed by atoms with van der Waals surface area (Å²) in [7, 11) is 0. The largest absolute Gasteiger partial charge is 0.288 e. The smallest absolute Gasteiger partial charge is 0.186 e. The van der Waals surface area contributed by atoms with Crippen molar-refractivity contribution in [3.05, 3.63) is 34.4 Å². The number of thioether (sulfide) groups is 1. The Bertz CT molecular complexity index is 440. The van der Waals surface area contributed by atoms with Crippen LogP contribution in [0.1, 0.15) is 29.2 Å². The van der Waals surface area contributed by atoms with Crippen molar-refractivity contribution in [1.82, 2.24) is 0 Å². The normalized spacial score (nSPS) is 9.50. The van der Waals surface area contributed by atoms with Gasteiger partial charge in [0.25, 0.3) is 0 Å². The van der Waals surface area contributed by atoms with Crippen molar-refractivity contribution in [2.45, 2.75) is 27.7 Å². The lowest BCUT2D eigenvalue weighted by Gasteiger charge is -2.04. The Morgan fingerprint density at radius 2 is 1.81 bits per heavy atom. The molecule has 1 rings (SSSR count). The van der Waals surface area contributed by atoms with Crippen LogP contribution < -0.4 is 0 Å². The molecule has 16 heavy (non-hydrogen) atoms. The van der Waals surface area contributed by atoms with Gasteiger partial charge >= 0.3 is 0 Å². The first-order valence-electron chi connectivity index (χ1n) is 5.21. The molecule has 0 saturated carbocycles. The van der Waals surface area contributed by atoms with Gasteiger partial charge in [0.15, 0.2) is 5.12 Å². The molecule has 2 heteroatoms. The highest BCUT2D eigenvalue weighted by molar-refractivity contribution is 8.13. The monoisotopic (exact) mass is 232 g/mol. The van der Waals surface area contributed by atoms with Gasteiger partial charge in [-0.1, -0.05) is 41.3 Å². The van der Waals surface area contributed by atoms with Crippen molar-refractivity contribution >= 4 is 16.9 Å². The zero-order valence-electron chi connectivity index (χ0n) is 10.2. The second-order valence-corrected chi connectivity index (χ2v) is 5.01. The van der Waals surface area contributed by atoms with Crippen molar-refractivity contribution in [3.63, 3.8) is 0 Å². The minimum atomic E-state index is 0.117. The van der Waals surface area contributed by atoms with Crippen LogP contribution in [0.5, 0.6) is 0 Å². The van der Waals surface area contributed by atoms with Gasteiger partial charge in [-0.15, -0.1) is 0 Å². The van der Waals surface area contributed by atoms with Gasteiger partial charge in [-0.3, -0.25) is 4.79 Å². The first-order valence-corrected chi connectivity index (χ1v) is 6.19. The summed E-state index contributed by atoms with van der Waals surface area (Å²) < 4.78 is 0. The summed E-state index contributed by atoms with van der Waals surface area (Å²) in [6.45, 7) is 7.79. The number of carbonyl (C=O) groups excluding carboxylic acids is 1. The Hall–Kier alpha value is -1.20. The number of rotatable bonds is 1. The highest BCUT2D eigenvalue weighted by atomic mass is 32.2. The van der Waals surface area contributed by atoms with Crippen molar-refractivity contribution in [1.29, 1.82) is 0 Å². The molecule has 0 aromatic heterocycles. The summed E-state index contributed by atoms with van der Waals surface area (Å²) in [6, 6.07) is 4.27. The van der Waals surface area contributed by atoms with Gasteiger partial charge in [0, 0.05) is 12.5 Å². The second-order valence-electron chi connectivity index (χ2n) is 3.86. The molecule has 0 heterocycles. The van der Waals surface area contributed by atoms with Crippen LogP contribution in [0.3, 0.4) is 0 Å². The van der Waals surface area contributed by atoms with E-state index < -0.39 is 0 Å². The van der Waals surface area contributed by atoms with E-state index in [9.17, 15) is 4.79 Å². The van der Waals surface area contributed by atoms with E-state index in [0.717, 1.165) is 5.56 Å². The van der Waals surface area contributed by atoms with Crippen molar-refractivity contribution < 1.29 is 4.79 Å². The molecule has 0 radical (unpaired) electrons. The fraction of sp³-hybridized carbons (Fsp3) is 0.357. The molecule has 0 unspecified atom stereocenters. The average molecular weight is 232 g/mol. The van der Waals surface area contributed by atoms with E-state index in [0.29, 0.717) is 5.75 Å². The molecular formula is C14H16OS. The zero-order valence-corrected chi connectivity index (χ0v) is 11.0. The Morgan fingerprint density at radius 1 is 1.25 bits per heavy atom. The molecule has 0 aliphatic heterocycles. The summed E-state index contributed by atoms with van der Waals surface area (Å²) in [5.74, 6) is 6.74. The van der Waals surface area contributed by atoms with Crippen LogP contribution in [0, 0.1) is 32.6 Å². The number of hydrogen-bond acceptors (Lipinski definition) is 2. The molecule has 0 N–H and O–H groups in total. The quantitative estimate of drug-likeness (QED) is 0.691. The number of carbonyl (C=O) groups is 1. The molecule has 1 aromatic carbocycles. The first kappa shape index (κ1) is 12.9. The summed E-state index contributed by atoms with van der Waals surface area (Å²) >= 11 is 1.25. The van der Waals surface area contributed by atoms with Crippen molar-refractivity contribution in [3.8, 4) is 11.8 Å². The summed E-state index contributed by atoms with van der Waals surface area (Å²) in [5, 5.41) is 0.117. The maximum Gasteiger partial charge on any atom is 0.186 e. The van der Waals surface area contributed by atoms with Crippen molar-refractivity contribution in [2.75, 3.05) is 5.75 Å². The predicted octanol–water partition coefficient (Wildman–Crippen LogP) is 3.24. The van der Waals surface area contributed by atoms with Crippen LogP contribution >= 0.6 is 11.8 Å². The van der Waals surface area contributed by atoms with Gasteiger partial charge in [-0.05, 0) is 31.9 Å². The molecule has 1 aromatic rings. The Labute approximate surface area is 102 Å². The van der Waals surface area contributed by atoms with E-state index >= 15 is 0 Å². The minimum absolute atomic E-state index is 0.117. The van der Waals surface area contributed by atoms with Gasteiger partial charge in [0.05, 0.1) is 5.75 Å². The third-order valence-corrected chi connectivity index (χ3v) is 2.93. The standard InChI is InChI=1S/C14H16OS/c1-10-8-11(2)14(12(3)9-10)6-5-7-16-13(4)15/h8-9H,7H2,1-4H3. The fourth-order valence-corrected chi connectivity index (χ4v) is 1.99. The molecule has 84 valence electrons. The van der Waals surface area contributed by atoms with Gasteiger partial charge < -0.3 is 0 Å². The summed E-state index contributed by atoms with van der Waals surface area (Å²) in [4.78, 5) is 10.7. The summed E-state index contributed by atoms with van der Waals surface area (Å²) in [6.07, 6.45) is 0. The lowest BCUT2D eigenvalue weighted by Crippen LogP contribution is -1.90. The first-order chi connectivity index (χ1) is 7.50. The predicted molar refractivity (Wildman–Crippen MR) is 70.7 cm³/mol. The van der Waals surface area contributed by atoms with E-state index in [1.165, 1.54) is 28.5 Å². The maximum absolute atomic E-state index is 10.7. The number of benzene rings is 1. The van der Waals surface area contributed by atoms with Crippen LogP contribution in [0.4, 0.5) is 0 Å². The number of aryl methyl sites for hydroxylation is 3. The molecule has 0 atom stereocenters. The Morgan fingerprint density at radius 3 is 2.31 bits per heavy atom. The lowest BCUT2D eigenvalue weighted by molar-refractivity contribution is -0.109. The minimum Gasteiger partial charge on any atom is -0.288 e. The molecule has 0 fully saturated rings. The SMILES string of the molecule is CC(=O)SCC#Cc1c(C)cc(C)cc1C. The topological polar surface area (TPSA) is 17.1 Å². The van der Waals surface area contributed by atoms with Gasteiger partial charge in [-0.2, -0.15) is 0 Å². The highest BCUT2D eigenvalue weighted by Crippen LogP contribution is 2.15. The molecular weight excluding hydrogens is 216 g/mol. The van der Waals surface area contributed by atoms with Gasteiger partial charge in [-0.25, -0.2) is 0 Å². The Kier molecular flexibility index (Phi) is 4.64. The molecule has 0 aliphatic carbocycles. The van der Waals surface area contributed by atoms with E-state index in [2.05, 4.69) is 44.7 Å². The highest BCUT2D eigenvalue weighted by Gasteiger charge is 2.00. The van der Waals surface area contributed by atoms with Crippen LogP contribution in [0.2, 0.25) is 0 Å². The Balaban J connectivity index is 2.84. The summed E-state index contributed by atoms with van der Waals surface area (Å²) in [5.41, 5.74) is 4.77. The lowest BCUT2D eigenvalue weighted by atomic mass is 10.0. The fourth-order valence-electron chi connectivity index (χ4n) is 1.64. The van der Waals surface area contributed by atoms with Gasteiger partial charge in [0.1, 0.15) is 0 Å². The van der Waals surface area contributed by atoms with E-state index in [-0.39, 0.29) is 5.12 Å². The van der Waals surface area contributed by atoms with E-state index in [1.54, 1.807) is 6.92 Å². The molecule has 1 nitrogen and oxygen atoms in total. The average Bonchev–Trinajstić information content (AvgIpc) is 2.14. The van der Waals surface area contributed by atoms with E-state index in [1.807, 2.05) is 0 Å². The van der Waals surface area contributed by atoms with Crippen LogP contribution in [-0.4, -0.2) is 10.9 Å². The molecule has 0 aliphatic rings. The third-order valence-electron chi connectivity index (χ3n) is 2.24. The second kappa shape index (κ2) is 5.77. The molecule has 0 spiro atoms. The van der Waals surface area contributed by atoms with Crippen molar-refractivity contribution in [2.24, 2.45) is 0 Å². The molecule has 0 bridgehead atoms. The van der Waals surface area contributed by atoms with Crippen LogP contribution in [0.25, 0.3) is 0 Å². The van der Waals surface area contributed by atoms with E-state index in [4.69, 9.17) is 0 Å². The van der Waals surface area contributed by atoms with Crippen LogP contribution in [0.15, 0.2) is 12.1 Å². The van der Waals surface area contributed by atoms with Crippen LogP contribution in [-0.2, 0) is 4.79 Å². The van der Waals surface area contributed by atoms with Gasteiger partial charge in [0.2, 0.25) is 0 Å². The molecule has 0 saturated heterocycles. The maximum atomic E-state index is 10.7. The molecule has 0 amide bonds.